The Kier molecular flexibility index (Phi) is 40.6. The van der Waals surface area contributed by atoms with E-state index >= 15 is 0 Å². The fourth-order valence-corrected chi connectivity index (χ4v) is 6.85. The summed E-state index contributed by atoms with van der Waals surface area (Å²) in [7, 11) is 0. The summed E-state index contributed by atoms with van der Waals surface area (Å²) in [5.74, 6) is 0.479. The van der Waals surface area contributed by atoms with Crippen LogP contribution in [0, 0.1) is 0 Å². The van der Waals surface area contributed by atoms with Crippen LogP contribution in [0.1, 0.15) is 264 Å². The number of rotatable bonds is 41. The summed E-state index contributed by atoms with van der Waals surface area (Å²) in [6, 6.07) is 0. The predicted molar refractivity (Wildman–Crippen MR) is 207 cm³/mol. The van der Waals surface area contributed by atoms with E-state index in [0.29, 0.717) is 18.8 Å². The lowest BCUT2D eigenvalue weighted by Gasteiger charge is -2.06. The Bertz CT molecular complexity index is 615. The highest BCUT2D eigenvalue weighted by molar-refractivity contribution is 5.78. The van der Waals surface area contributed by atoms with Gasteiger partial charge in [0.05, 0.1) is 6.61 Å². The third-order valence-corrected chi connectivity index (χ3v) is 10.2. The topological polar surface area (TPSA) is 43.4 Å². The molecule has 0 N–H and O–H groups in total. The zero-order valence-electron chi connectivity index (χ0n) is 32.5. The Hall–Kier alpha value is -0.860. The second kappa shape index (κ2) is 41.3. The molecule has 0 spiro atoms. The van der Waals surface area contributed by atoms with Gasteiger partial charge in [-0.15, -0.1) is 0 Å². The fraction of sp³-hybridized carbons (Fsp3) is 0.955. The molecule has 0 aromatic heterocycles. The molecule has 0 atom stereocenters. The van der Waals surface area contributed by atoms with E-state index in [2.05, 4.69) is 13.8 Å². The van der Waals surface area contributed by atoms with Crippen molar-refractivity contribution in [1.82, 2.24) is 0 Å². The molecular weight excluding hydrogens is 576 g/mol. The van der Waals surface area contributed by atoms with E-state index in [4.69, 9.17) is 4.74 Å². The molecule has 0 fully saturated rings. The molecule has 0 unspecified atom stereocenters. The van der Waals surface area contributed by atoms with Crippen molar-refractivity contribution >= 4 is 11.8 Å². The van der Waals surface area contributed by atoms with Gasteiger partial charge in [0.15, 0.2) is 0 Å². The molecule has 0 aromatic carbocycles. The molecule has 3 heteroatoms. The molecule has 0 aromatic rings. The van der Waals surface area contributed by atoms with Crippen molar-refractivity contribution in [3.63, 3.8) is 0 Å². The van der Waals surface area contributed by atoms with Gasteiger partial charge in [-0.3, -0.25) is 9.59 Å². The number of hydrogen-bond donors (Lipinski definition) is 0. The fourth-order valence-electron chi connectivity index (χ4n) is 6.85. The molecule has 0 aliphatic carbocycles. The molecular formula is C44H86O3. The Morgan fingerprint density at radius 1 is 0.298 bits per heavy atom. The van der Waals surface area contributed by atoms with Gasteiger partial charge < -0.3 is 4.74 Å². The van der Waals surface area contributed by atoms with Crippen molar-refractivity contribution in [3.05, 3.63) is 0 Å². The van der Waals surface area contributed by atoms with Crippen molar-refractivity contribution in [2.24, 2.45) is 0 Å². The van der Waals surface area contributed by atoms with Crippen LogP contribution in [-0.2, 0) is 14.3 Å². The number of esters is 1. The van der Waals surface area contributed by atoms with Gasteiger partial charge in [0, 0.05) is 19.3 Å². The van der Waals surface area contributed by atoms with Gasteiger partial charge in [-0.1, -0.05) is 219 Å². The highest BCUT2D eigenvalue weighted by Gasteiger charge is 2.04. The average Bonchev–Trinajstić information content (AvgIpc) is 3.07. The standard InChI is InChI=1S/C44H86O3/c1-3-5-7-9-11-13-15-17-18-19-20-21-23-25-29-33-37-41-44(46)47-42-38-34-30-26-28-32-36-40-43(45)39-35-31-27-24-22-16-14-12-10-8-6-4-2/h3-42H2,1-2H3. The van der Waals surface area contributed by atoms with Crippen LogP contribution in [0.5, 0.6) is 0 Å². The van der Waals surface area contributed by atoms with E-state index in [-0.39, 0.29) is 5.97 Å². The summed E-state index contributed by atoms with van der Waals surface area (Å²) in [6.07, 6.45) is 49.6. The van der Waals surface area contributed by atoms with E-state index in [9.17, 15) is 9.59 Å². The van der Waals surface area contributed by atoms with E-state index < -0.39 is 0 Å². The number of Topliss-reactive ketones (excluding diaryl/α,β-unsaturated/α-hetero) is 1. The second-order valence-corrected chi connectivity index (χ2v) is 15.0. The van der Waals surface area contributed by atoms with Gasteiger partial charge in [-0.25, -0.2) is 0 Å². The van der Waals surface area contributed by atoms with E-state index in [0.717, 1.165) is 44.9 Å². The van der Waals surface area contributed by atoms with Crippen molar-refractivity contribution in [1.29, 1.82) is 0 Å². The quantitative estimate of drug-likeness (QED) is 0.0483. The van der Waals surface area contributed by atoms with Gasteiger partial charge in [0.25, 0.3) is 0 Å². The molecule has 0 rings (SSSR count). The normalized spacial score (nSPS) is 11.4. The molecule has 0 heterocycles. The smallest absolute Gasteiger partial charge is 0.305 e. The van der Waals surface area contributed by atoms with Gasteiger partial charge in [0.2, 0.25) is 0 Å². The van der Waals surface area contributed by atoms with E-state index in [1.807, 2.05) is 0 Å². The van der Waals surface area contributed by atoms with Crippen LogP contribution in [0.15, 0.2) is 0 Å². The maximum Gasteiger partial charge on any atom is 0.305 e. The second-order valence-electron chi connectivity index (χ2n) is 15.0. The highest BCUT2D eigenvalue weighted by atomic mass is 16.5. The van der Waals surface area contributed by atoms with E-state index in [1.54, 1.807) is 0 Å². The molecule has 0 radical (unpaired) electrons. The molecule has 0 bridgehead atoms. The lowest BCUT2D eigenvalue weighted by Crippen LogP contribution is -2.05. The molecule has 47 heavy (non-hydrogen) atoms. The third-order valence-electron chi connectivity index (χ3n) is 10.2. The van der Waals surface area contributed by atoms with Crippen LogP contribution in [-0.4, -0.2) is 18.4 Å². The summed E-state index contributed by atoms with van der Waals surface area (Å²) >= 11 is 0. The summed E-state index contributed by atoms with van der Waals surface area (Å²) < 4.78 is 5.45. The molecule has 0 saturated heterocycles. The van der Waals surface area contributed by atoms with Crippen molar-refractivity contribution in [2.45, 2.75) is 264 Å². The van der Waals surface area contributed by atoms with Gasteiger partial charge in [-0.05, 0) is 25.7 Å². The number of ketones is 1. The highest BCUT2D eigenvalue weighted by Crippen LogP contribution is 2.16. The molecule has 280 valence electrons. The summed E-state index contributed by atoms with van der Waals surface area (Å²) in [5, 5.41) is 0. The number of unbranched alkanes of at least 4 members (excludes halogenated alkanes) is 33. The Labute approximate surface area is 296 Å². The Morgan fingerprint density at radius 2 is 0.532 bits per heavy atom. The molecule has 0 amide bonds. The largest absolute Gasteiger partial charge is 0.466 e. The maximum atomic E-state index is 12.2. The van der Waals surface area contributed by atoms with E-state index in [1.165, 1.54) is 199 Å². The van der Waals surface area contributed by atoms with Crippen LogP contribution in [0.25, 0.3) is 0 Å². The number of ether oxygens (including phenoxy) is 1. The first-order chi connectivity index (χ1) is 23.2. The predicted octanol–water partition coefficient (Wildman–Crippen LogP) is 15.4. The van der Waals surface area contributed by atoms with Crippen LogP contribution in [0.3, 0.4) is 0 Å². The van der Waals surface area contributed by atoms with Crippen molar-refractivity contribution in [2.75, 3.05) is 6.61 Å². The monoisotopic (exact) mass is 663 g/mol. The molecule has 0 aliphatic rings. The Balaban J connectivity index is 3.23. The minimum absolute atomic E-state index is 0.000811. The lowest BCUT2D eigenvalue weighted by molar-refractivity contribution is -0.143. The maximum absolute atomic E-state index is 12.2. The first-order valence-electron chi connectivity index (χ1n) is 21.9. The lowest BCUT2D eigenvalue weighted by atomic mass is 10.0. The van der Waals surface area contributed by atoms with Crippen LogP contribution < -0.4 is 0 Å². The minimum Gasteiger partial charge on any atom is -0.466 e. The van der Waals surface area contributed by atoms with Gasteiger partial charge in [0.1, 0.15) is 5.78 Å². The third kappa shape index (κ3) is 41.2. The zero-order chi connectivity index (χ0) is 34.1. The zero-order valence-corrected chi connectivity index (χ0v) is 32.5. The molecule has 0 aliphatic heterocycles. The van der Waals surface area contributed by atoms with Crippen LogP contribution in [0.4, 0.5) is 0 Å². The minimum atomic E-state index is -0.000811. The first-order valence-corrected chi connectivity index (χ1v) is 21.9. The average molecular weight is 663 g/mol. The SMILES string of the molecule is CCCCCCCCCCCCCCCCCCCC(=O)OCCCCCCCCCC(=O)CCCCCCCCCCCCCC. The van der Waals surface area contributed by atoms with Gasteiger partial charge in [-0.2, -0.15) is 0 Å². The molecule has 3 nitrogen and oxygen atoms in total. The summed E-state index contributed by atoms with van der Waals surface area (Å²) in [5.41, 5.74) is 0. The van der Waals surface area contributed by atoms with Crippen LogP contribution >= 0.6 is 0 Å². The number of carbonyl (C=O) groups excluding carboxylic acids is 2. The molecule has 0 saturated carbocycles. The van der Waals surface area contributed by atoms with Crippen LogP contribution in [0.2, 0.25) is 0 Å². The Morgan fingerprint density at radius 3 is 0.830 bits per heavy atom. The number of hydrogen-bond acceptors (Lipinski definition) is 3. The number of carbonyl (C=O) groups is 2. The van der Waals surface area contributed by atoms with Crippen molar-refractivity contribution < 1.29 is 14.3 Å². The first kappa shape index (κ1) is 46.1. The summed E-state index contributed by atoms with van der Waals surface area (Å²) in [6.45, 7) is 5.16. The summed E-state index contributed by atoms with van der Waals surface area (Å²) in [4.78, 5) is 24.2. The van der Waals surface area contributed by atoms with Gasteiger partial charge >= 0.3 is 5.97 Å². The van der Waals surface area contributed by atoms with Crippen molar-refractivity contribution in [3.8, 4) is 0 Å².